The first kappa shape index (κ1) is 29.8. The number of rotatable bonds is 5. The lowest BCUT2D eigenvalue weighted by Crippen LogP contribution is -2.26. The van der Waals surface area contributed by atoms with Crippen molar-refractivity contribution in [2.45, 2.75) is 75.0 Å². The summed E-state index contributed by atoms with van der Waals surface area (Å²) in [6.07, 6.45) is 12.4. The van der Waals surface area contributed by atoms with E-state index in [2.05, 4.69) is 144 Å². The minimum Gasteiger partial charge on any atom is -0.310 e. The molecule has 3 unspecified atom stereocenters. The Hall–Kier alpha value is -4.88. The summed E-state index contributed by atoms with van der Waals surface area (Å²) < 4.78 is 0. The van der Waals surface area contributed by atoms with E-state index in [9.17, 15) is 0 Å². The summed E-state index contributed by atoms with van der Waals surface area (Å²) >= 11 is 0. The Morgan fingerprint density at radius 1 is 0.451 bits per heavy atom. The molecule has 250 valence electrons. The highest BCUT2D eigenvalue weighted by atomic mass is 15.1. The van der Waals surface area contributed by atoms with Crippen molar-refractivity contribution >= 4 is 17.1 Å². The van der Waals surface area contributed by atoms with E-state index in [1.54, 1.807) is 5.56 Å². The lowest BCUT2D eigenvalue weighted by Gasteiger charge is -2.32. The van der Waals surface area contributed by atoms with Crippen LogP contribution in [0.2, 0.25) is 0 Å². The van der Waals surface area contributed by atoms with E-state index in [0.29, 0.717) is 5.92 Å². The maximum Gasteiger partial charge on any atom is 0.0726 e. The fraction of sp³-hybridized carbons (Fsp3) is 0.280. The van der Waals surface area contributed by atoms with Gasteiger partial charge in [0, 0.05) is 16.9 Å². The molecule has 0 radical (unpaired) electrons. The third-order valence-corrected chi connectivity index (χ3v) is 13.8. The summed E-state index contributed by atoms with van der Waals surface area (Å²) in [6.45, 7) is 0. The van der Waals surface area contributed by atoms with Gasteiger partial charge < -0.3 is 4.90 Å². The van der Waals surface area contributed by atoms with Crippen LogP contribution in [-0.4, -0.2) is 0 Å². The monoisotopic (exact) mass is 659 g/mol. The molecule has 6 aromatic carbocycles. The van der Waals surface area contributed by atoms with Crippen LogP contribution < -0.4 is 4.90 Å². The highest BCUT2D eigenvalue weighted by molar-refractivity contribution is 6.01. The Kier molecular flexibility index (Phi) is 6.76. The van der Waals surface area contributed by atoms with Crippen molar-refractivity contribution in [1.82, 2.24) is 0 Å². The molecule has 5 aliphatic rings. The second-order valence-corrected chi connectivity index (χ2v) is 16.2. The van der Waals surface area contributed by atoms with E-state index in [0.717, 1.165) is 17.8 Å². The molecule has 3 fully saturated rings. The summed E-state index contributed by atoms with van der Waals surface area (Å²) in [5, 5.41) is 0. The molecule has 0 amide bonds. The summed E-state index contributed by atoms with van der Waals surface area (Å²) in [6, 6.07) is 54.1. The fourth-order valence-electron chi connectivity index (χ4n) is 11.6. The lowest BCUT2D eigenvalue weighted by atomic mass is 9.70. The van der Waals surface area contributed by atoms with Gasteiger partial charge in [0.2, 0.25) is 0 Å². The van der Waals surface area contributed by atoms with Gasteiger partial charge in [-0.05, 0) is 136 Å². The van der Waals surface area contributed by atoms with E-state index in [4.69, 9.17) is 0 Å². The standard InChI is InChI=1S/C50H45N/c1-2-11-34(12-3-1)35-23-27-38(28-24-35)51(39-29-25-36(26-30-39)43-32-33-21-22-37(43)31-33)48-20-10-19-47-49(48)42-15-6-9-18-46(42)50(47)44-16-7-4-13-40(44)41-14-5-8-17-45(41)50/h4-10,13-20,23-30,33-34,37,43H,1-3,11-12,21-22,31-32H2. The normalized spacial score (nSPS) is 22.1. The van der Waals surface area contributed by atoms with Crippen LogP contribution in [0.3, 0.4) is 0 Å². The maximum atomic E-state index is 2.57. The van der Waals surface area contributed by atoms with Crippen LogP contribution in [0.4, 0.5) is 17.1 Å². The van der Waals surface area contributed by atoms with Crippen molar-refractivity contribution in [3.63, 3.8) is 0 Å². The molecule has 1 heteroatoms. The van der Waals surface area contributed by atoms with Crippen LogP contribution in [0.15, 0.2) is 140 Å². The second-order valence-electron chi connectivity index (χ2n) is 16.2. The molecule has 3 saturated carbocycles. The van der Waals surface area contributed by atoms with E-state index in [-0.39, 0.29) is 5.41 Å². The van der Waals surface area contributed by atoms with Crippen molar-refractivity contribution < 1.29 is 0 Å². The largest absolute Gasteiger partial charge is 0.310 e. The molecular weight excluding hydrogens is 615 g/mol. The van der Waals surface area contributed by atoms with Crippen molar-refractivity contribution in [2.24, 2.45) is 11.8 Å². The van der Waals surface area contributed by atoms with Gasteiger partial charge in [-0.15, -0.1) is 0 Å². The van der Waals surface area contributed by atoms with Crippen LogP contribution in [0.1, 0.15) is 103 Å². The first-order valence-electron chi connectivity index (χ1n) is 19.7. The topological polar surface area (TPSA) is 3.24 Å². The fourth-order valence-corrected chi connectivity index (χ4v) is 11.6. The quantitative estimate of drug-likeness (QED) is 0.178. The molecular formula is C50H45N. The van der Waals surface area contributed by atoms with Crippen LogP contribution in [0.25, 0.3) is 22.3 Å². The maximum absolute atomic E-state index is 2.57. The predicted molar refractivity (Wildman–Crippen MR) is 211 cm³/mol. The molecule has 11 rings (SSSR count). The van der Waals surface area contributed by atoms with Crippen molar-refractivity contribution in [2.75, 3.05) is 4.90 Å². The zero-order valence-electron chi connectivity index (χ0n) is 29.4. The van der Waals surface area contributed by atoms with Crippen LogP contribution in [0.5, 0.6) is 0 Å². The van der Waals surface area contributed by atoms with Gasteiger partial charge in [-0.3, -0.25) is 0 Å². The molecule has 5 aliphatic carbocycles. The molecule has 0 heterocycles. The number of hydrogen-bond donors (Lipinski definition) is 0. The number of nitrogens with zero attached hydrogens (tertiary/aromatic N) is 1. The summed E-state index contributed by atoms with van der Waals surface area (Å²) in [5.74, 6) is 3.25. The SMILES string of the molecule is c1ccc2c(c1)-c1ccccc1C21c2ccccc2-c2c(N(c3ccc(C4CCCCC4)cc3)c3ccc(C4CC5CCC4C5)cc3)cccc21. The Morgan fingerprint density at radius 3 is 1.63 bits per heavy atom. The minimum absolute atomic E-state index is 0.350. The number of benzene rings is 6. The summed E-state index contributed by atoms with van der Waals surface area (Å²) in [5.41, 5.74) is 17.4. The second kappa shape index (κ2) is 11.6. The Bertz CT molecular complexity index is 2230. The predicted octanol–water partition coefficient (Wildman–Crippen LogP) is 13.5. The summed E-state index contributed by atoms with van der Waals surface area (Å²) in [4.78, 5) is 2.57. The zero-order valence-corrected chi connectivity index (χ0v) is 29.4. The van der Waals surface area contributed by atoms with Gasteiger partial charge >= 0.3 is 0 Å². The van der Waals surface area contributed by atoms with Crippen molar-refractivity contribution in [3.05, 3.63) is 173 Å². The number of fused-ring (bicyclic) bond motifs is 12. The highest BCUT2D eigenvalue weighted by Crippen LogP contribution is 2.64. The first-order valence-corrected chi connectivity index (χ1v) is 19.7. The van der Waals surface area contributed by atoms with Crippen molar-refractivity contribution in [1.29, 1.82) is 0 Å². The Balaban J connectivity index is 1.11. The molecule has 1 spiro atoms. The van der Waals surface area contributed by atoms with Gasteiger partial charge in [0.1, 0.15) is 0 Å². The molecule has 1 nitrogen and oxygen atoms in total. The summed E-state index contributed by atoms with van der Waals surface area (Å²) in [7, 11) is 0. The van der Waals surface area contributed by atoms with Gasteiger partial charge in [-0.25, -0.2) is 0 Å². The molecule has 3 atom stereocenters. The number of hydrogen-bond acceptors (Lipinski definition) is 1. The third-order valence-electron chi connectivity index (χ3n) is 13.8. The van der Waals surface area contributed by atoms with E-state index >= 15 is 0 Å². The average Bonchev–Trinajstić information content (AvgIpc) is 3.98. The lowest BCUT2D eigenvalue weighted by molar-refractivity contribution is 0.420. The molecule has 0 aliphatic heterocycles. The molecule has 0 N–H and O–H groups in total. The van der Waals surface area contributed by atoms with E-state index in [1.807, 2.05) is 0 Å². The van der Waals surface area contributed by atoms with Crippen LogP contribution in [-0.2, 0) is 5.41 Å². The number of anilines is 3. The molecule has 0 aromatic heterocycles. The van der Waals surface area contributed by atoms with E-state index < -0.39 is 0 Å². The average molecular weight is 660 g/mol. The zero-order chi connectivity index (χ0) is 33.5. The molecule has 6 aromatic rings. The first-order chi connectivity index (χ1) is 25.3. The Labute approximate surface area is 303 Å². The van der Waals surface area contributed by atoms with Gasteiger partial charge in [-0.1, -0.05) is 135 Å². The molecule has 0 saturated heterocycles. The van der Waals surface area contributed by atoms with Crippen LogP contribution >= 0.6 is 0 Å². The molecule has 51 heavy (non-hydrogen) atoms. The van der Waals surface area contributed by atoms with Gasteiger partial charge in [0.05, 0.1) is 11.1 Å². The van der Waals surface area contributed by atoms with Crippen LogP contribution in [0, 0.1) is 11.8 Å². The minimum atomic E-state index is -0.350. The third kappa shape index (κ3) is 4.33. The van der Waals surface area contributed by atoms with Gasteiger partial charge in [0.15, 0.2) is 0 Å². The Morgan fingerprint density at radius 2 is 1.02 bits per heavy atom. The van der Waals surface area contributed by atoms with E-state index in [1.165, 1.54) is 125 Å². The molecule has 2 bridgehead atoms. The van der Waals surface area contributed by atoms with Gasteiger partial charge in [-0.2, -0.15) is 0 Å². The highest BCUT2D eigenvalue weighted by Gasteiger charge is 2.52. The van der Waals surface area contributed by atoms with Crippen molar-refractivity contribution in [3.8, 4) is 22.3 Å². The smallest absolute Gasteiger partial charge is 0.0726 e. The van der Waals surface area contributed by atoms with Gasteiger partial charge in [0.25, 0.3) is 0 Å².